The number of aromatic nitrogens is 8. The molecule has 3 aliphatic heterocycles. The van der Waals surface area contributed by atoms with Crippen LogP contribution in [0.4, 0.5) is 16.2 Å². The number of nitrogen functional groups attached to an aromatic ring is 2. The third kappa shape index (κ3) is 5.64. The number of aromatic amines is 1. The average molecular weight is 701 g/mol. The summed E-state index contributed by atoms with van der Waals surface area (Å²) in [6.45, 7) is -1.91. The Morgan fingerprint density at radius 1 is 1.00 bits per heavy atom. The number of fused-ring (bicyclic) bond motifs is 5. The number of nitrogens with zero attached hydrogens (tertiary/aromatic N) is 7. The summed E-state index contributed by atoms with van der Waals surface area (Å²) in [6, 6.07) is 0. The van der Waals surface area contributed by atoms with Gasteiger partial charge in [0.2, 0.25) is 5.95 Å². The van der Waals surface area contributed by atoms with E-state index in [9.17, 15) is 24.2 Å². The number of rotatable bonds is 4. The van der Waals surface area contributed by atoms with Crippen molar-refractivity contribution in [3.8, 4) is 0 Å². The third-order valence-corrected chi connectivity index (χ3v) is 10.4. The van der Waals surface area contributed by atoms with Crippen molar-refractivity contribution in [1.29, 1.82) is 0 Å². The fourth-order valence-corrected chi connectivity index (χ4v) is 8.02. The van der Waals surface area contributed by atoms with Gasteiger partial charge in [-0.25, -0.2) is 28.9 Å². The Morgan fingerprint density at radius 3 is 2.45 bits per heavy atom. The van der Waals surface area contributed by atoms with E-state index in [4.69, 9.17) is 39.0 Å². The van der Waals surface area contributed by atoms with E-state index in [2.05, 4.69) is 29.9 Å². The molecule has 4 aromatic heterocycles. The Balaban J connectivity index is 1.24. The van der Waals surface area contributed by atoms with Gasteiger partial charge in [-0.3, -0.25) is 32.5 Å². The molecule has 4 aromatic rings. The summed E-state index contributed by atoms with van der Waals surface area (Å²) in [4.78, 5) is 34.9. The molecule has 0 spiro atoms. The molecule has 252 valence electrons. The first-order chi connectivity index (χ1) is 22.4. The number of alkyl halides is 1. The fraction of sp³-hybridized carbons (Fsp3) is 0.524. The van der Waals surface area contributed by atoms with Gasteiger partial charge in [0.15, 0.2) is 41.3 Å². The Morgan fingerprint density at radius 2 is 1.70 bits per heavy atom. The topological polar surface area (TPSA) is 301 Å². The number of H-pyrrole nitrogens is 1. The van der Waals surface area contributed by atoms with Crippen LogP contribution in [0.2, 0.25) is 0 Å². The minimum absolute atomic E-state index is 0.0246. The second kappa shape index (κ2) is 11.9. The van der Waals surface area contributed by atoms with Gasteiger partial charge in [-0.1, -0.05) is 0 Å². The van der Waals surface area contributed by atoms with Gasteiger partial charge in [0.1, 0.15) is 30.2 Å². The lowest BCUT2D eigenvalue weighted by atomic mass is 9.99. The monoisotopic (exact) mass is 701 g/mol. The number of anilines is 2. The quantitative estimate of drug-likeness (QED) is 0.0802. The Hall–Kier alpha value is -3.41. The zero-order chi connectivity index (χ0) is 33.2. The number of imidazole rings is 2. The van der Waals surface area contributed by atoms with Crippen LogP contribution in [-0.4, -0.2) is 107 Å². The summed E-state index contributed by atoms with van der Waals surface area (Å²) < 4.78 is 80.5. The minimum atomic E-state index is -4.77. The third-order valence-electron chi connectivity index (χ3n) is 7.94. The van der Waals surface area contributed by atoms with E-state index in [1.807, 2.05) is 0 Å². The maximum Gasteiger partial charge on any atom is 0.428 e. The summed E-state index contributed by atoms with van der Waals surface area (Å²) in [7, 11) is -7.76. The van der Waals surface area contributed by atoms with Gasteiger partial charge >= 0.3 is 7.75 Å². The van der Waals surface area contributed by atoms with Gasteiger partial charge in [0, 0.05) is 5.92 Å². The summed E-state index contributed by atoms with van der Waals surface area (Å²) in [5, 5.41) is 21.7. The van der Waals surface area contributed by atoms with Crippen LogP contribution >= 0.6 is 15.2 Å². The van der Waals surface area contributed by atoms with Crippen LogP contribution in [0.5, 0.6) is 0 Å². The highest BCUT2D eigenvalue weighted by molar-refractivity contribution is 7.79. The average Bonchev–Trinajstić information content (AvgIpc) is 3.79. The van der Waals surface area contributed by atoms with Crippen LogP contribution in [0.3, 0.4) is 0 Å². The van der Waals surface area contributed by atoms with Crippen molar-refractivity contribution < 1.29 is 51.4 Å². The van der Waals surface area contributed by atoms with Crippen molar-refractivity contribution in [1.82, 2.24) is 44.3 Å². The van der Waals surface area contributed by atoms with Gasteiger partial charge in [-0.15, -0.1) is 5.25 Å². The lowest BCUT2D eigenvalue weighted by Crippen LogP contribution is -2.35. The van der Waals surface area contributed by atoms with Crippen LogP contribution in [-0.2, 0) is 36.7 Å². The van der Waals surface area contributed by atoms with Gasteiger partial charge in [-0.2, -0.15) is 4.98 Å². The number of nitrogens with one attached hydrogen (secondary N) is 2. The molecule has 7 heterocycles. The Bertz CT molecular complexity index is 1980. The highest BCUT2D eigenvalue weighted by Gasteiger charge is 2.54. The summed E-state index contributed by atoms with van der Waals surface area (Å²) in [5.41, 5.74) is 11.1. The number of aliphatic hydroxyl groups is 1. The second-order valence-electron chi connectivity index (χ2n) is 10.9. The first-order valence-corrected chi connectivity index (χ1v) is 17.4. The number of nitrogens with two attached hydrogens (primary N) is 2. The summed E-state index contributed by atoms with van der Waals surface area (Å²) in [5.74, 6) is -1.23. The summed E-state index contributed by atoms with van der Waals surface area (Å²) in [6.07, 6.45) is -6.92. The van der Waals surface area contributed by atoms with Gasteiger partial charge in [-0.05, 0) is 0 Å². The van der Waals surface area contributed by atoms with E-state index in [1.165, 1.54) is 27.0 Å². The highest BCUT2D eigenvalue weighted by atomic mass is 31.2. The first-order valence-electron chi connectivity index (χ1n) is 13.9. The molecular weight excluding hydrogens is 674 g/mol. The molecule has 10 atom stereocenters. The van der Waals surface area contributed by atoms with Crippen molar-refractivity contribution in [2.75, 3.05) is 31.3 Å². The number of aliphatic hydroxyl groups excluding tert-OH is 1. The van der Waals surface area contributed by atoms with Crippen molar-refractivity contribution in [3.05, 3.63) is 29.3 Å². The SMILES string of the molecule is B[P@]1(=O)OC[C@H]2O[C@@H](n3cnc4c(N)ncnc43)[C@@H](F)C2OP(=O)(NO)OC[C@H]2O[C@@H](n3cnc4c(=O)[nH]c(N)nc43)[C@@H](O1)C2CO. The van der Waals surface area contributed by atoms with Crippen LogP contribution < -0.4 is 22.3 Å². The number of hydrogen-bond acceptors (Lipinski definition) is 18. The first kappa shape index (κ1) is 32.2. The van der Waals surface area contributed by atoms with Gasteiger partial charge in [0.25, 0.3) is 20.6 Å². The Labute approximate surface area is 262 Å². The zero-order valence-electron chi connectivity index (χ0n) is 24.1. The summed E-state index contributed by atoms with van der Waals surface area (Å²) >= 11 is 0. The van der Waals surface area contributed by atoms with Crippen molar-refractivity contribution >= 4 is 56.9 Å². The molecule has 3 fully saturated rings. The molecule has 3 aliphatic rings. The van der Waals surface area contributed by atoms with Gasteiger partial charge in [0.05, 0.1) is 38.6 Å². The number of hydrogen-bond donors (Lipinski definition) is 6. The predicted molar refractivity (Wildman–Crippen MR) is 156 cm³/mol. The van der Waals surface area contributed by atoms with Crippen molar-refractivity contribution in [2.45, 2.75) is 43.0 Å². The van der Waals surface area contributed by atoms with E-state index in [-0.39, 0.29) is 34.1 Å². The standard InChI is InChI=1S/C21H27BFN11O11P2/c22-46(38)40-3-9-14(10(23)19(43-9)33-5-28-11-15(24)26-4-27-16(11)33)45-47(39,32-37)41-2-8-7(1-35)13(44-46)20(42-8)34-6-29-12-17(34)30-21(25)31-18(12)36/h4-10,13-14,19-20,35,37H,1-3,22H2,(H,32,39)(H2,24,26,27)(H3,25,30,31,36)/t7?,8-,9-,10+,13+,14?,19-,20-,46+,47?/m1/s1. The Kier molecular flexibility index (Phi) is 8.16. The molecule has 0 saturated carbocycles. The molecule has 47 heavy (non-hydrogen) atoms. The van der Waals surface area contributed by atoms with Gasteiger partial charge < -0.3 is 40.3 Å². The zero-order valence-corrected chi connectivity index (χ0v) is 25.9. The lowest BCUT2D eigenvalue weighted by Gasteiger charge is -2.28. The molecule has 26 heteroatoms. The molecule has 3 saturated heterocycles. The van der Waals surface area contributed by atoms with E-state index in [0.29, 0.717) is 0 Å². The fourth-order valence-electron chi connectivity index (χ4n) is 5.76. The molecule has 3 unspecified atom stereocenters. The van der Waals surface area contributed by atoms with E-state index in [0.717, 1.165) is 13.9 Å². The molecule has 0 aromatic carbocycles. The maximum absolute atomic E-state index is 16.1. The van der Waals surface area contributed by atoms with Crippen LogP contribution in [0.25, 0.3) is 22.3 Å². The predicted octanol–water partition coefficient (Wildman–Crippen LogP) is -1.49. The molecular formula is C21H27BFN11O11P2. The molecule has 22 nitrogen and oxygen atoms in total. The molecule has 8 N–H and O–H groups in total. The van der Waals surface area contributed by atoms with Crippen molar-refractivity contribution in [2.24, 2.45) is 5.92 Å². The highest BCUT2D eigenvalue weighted by Crippen LogP contribution is 2.54. The van der Waals surface area contributed by atoms with Crippen LogP contribution in [0.15, 0.2) is 23.8 Å². The van der Waals surface area contributed by atoms with E-state index in [1.54, 1.807) is 0 Å². The number of ether oxygens (including phenoxy) is 2. The van der Waals surface area contributed by atoms with E-state index < -0.39 is 89.6 Å². The number of halogens is 1. The molecule has 2 bridgehead atoms. The van der Waals surface area contributed by atoms with Crippen LogP contribution in [0, 0.1) is 5.92 Å². The molecule has 7 rings (SSSR count). The smallest absolute Gasteiger partial charge is 0.396 e. The second-order valence-corrected chi connectivity index (χ2v) is 14.6. The lowest BCUT2D eigenvalue weighted by molar-refractivity contribution is -0.0600. The molecule has 0 radical (unpaired) electrons. The molecule has 0 amide bonds. The largest absolute Gasteiger partial charge is 0.428 e. The van der Waals surface area contributed by atoms with Crippen LogP contribution in [0.1, 0.15) is 12.5 Å². The minimum Gasteiger partial charge on any atom is -0.396 e. The normalized spacial score (nSPS) is 36.6. The molecule has 0 aliphatic carbocycles. The maximum atomic E-state index is 16.1. The van der Waals surface area contributed by atoms with Crippen molar-refractivity contribution in [3.63, 3.8) is 0 Å². The van der Waals surface area contributed by atoms with E-state index >= 15 is 4.39 Å².